The molecule has 3 N–H and O–H groups in total. The lowest BCUT2D eigenvalue weighted by molar-refractivity contribution is 0.585. The maximum absolute atomic E-state index is 14.1. The van der Waals surface area contributed by atoms with Crippen LogP contribution in [0, 0.1) is 18.6 Å². The number of nitrogens with two attached hydrogens (primary N) is 1. The number of halogens is 2. The van der Waals surface area contributed by atoms with E-state index in [-0.39, 0.29) is 10.7 Å². The van der Waals surface area contributed by atoms with Gasteiger partial charge < -0.3 is 11.1 Å². The Kier molecular flexibility index (Phi) is 4.80. The quantitative estimate of drug-likeness (QED) is 0.647. The first-order valence-electron chi connectivity index (χ1n) is 6.14. The standard InChI is InChI=1S/C15H14F2N2S2/c1-8-6-7-9(16)14(13(8)17)19-10-4-3-5-11(21-2)12(10)15(18)20/h3-7,19H,1-2H3,(H2,18,20). The summed E-state index contributed by atoms with van der Waals surface area (Å²) in [6.45, 7) is 1.58. The fourth-order valence-corrected chi connectivity index (χ4v) is 2.89. The summed E-state index contributed by atoms with van der Waals surface area (Å²) in [5, 5.41) is 2.78. The Hall–Kier alpha value is -1.66. The van der Waals surface area contributed by atoms with Gasteiger partial charge in [-0.2, -0.15) is 0 Å². The van der Waals surface area contributed by atoms with Crippen molar-refractivity contribution >= 4 is 40.3 Å². The van der Waals surface area contributed by atoms with Crippen LogP contribution in [0.5, 0.6) is 0 Å². The second kappa shape index (κ2) is 6.41. The van der Waals surface area contributed by atoms with E-state index < -0.39 is 11.6 Å². The number of anilines is 2. The fraction of sp³-hybridized carbons (Fsp3) is 0.133. The molecule has 0 atom stereocenters. The van der Waals surface area contributed by atoms with E-state index in [1.165, 1.54) is 23.9 Å². The smallest absolute Gasteiger partial charge is 0.152 e. The van der Waals surface area contributed by atoms with Crippen LogP contribution in [0.4, 0.5) is 20.2 Å². The van der Waals surface area contributed by atoms with Crippen LogP contribution in [-0.2, 0) is 0 Å². The lowest BCUT2D eigenvalue weighted by Crippen LogP contribution is -2.14. The van der Waals surface area contributed by atoms with E-state index in [9.17, 15) is 8.78 Å². The van der Waals surface area contributed by atoms with Crippen LogP contribution >= 0.6 is 24.0 Å². The van der Waals surface area contributed by atoms with Crippen LogP contribution in [-0.4, -0.2) is 11.2 Å². The van der Waals surface area contributed by atoms with E-state index in [4.69, 9.17) is 18.0 Å². The molecule has 2 nitrogen and oxygen atoms in total. The number of aryl methyl sites for hydroxylation is 1. The van der Waals surface area contributed by atoms with Gasteiger partial charge in [-0.05, 0) is 36.9 Å². The highest BCUT2D eigenvalue weighted by Crippen LogP contribution is 2.31. The Labute approximate surface area is 131 Å². The van der Waals surface area contributed by atoms with E-state index in [0.717, 1.165) is 4.90 Å². The van der Waals surface area contributed by atoms with Crippen molar-refractivity contribution in [3.8, 4) is 0 Å². The fourth-order valence-electron chi connectivity index (χ4n) is 1.97. The summed E-state index contributed by atoms with van der Waals surface area (Å²) in [6.07, 6.45) is 1.88. The van der Waals surface area contributed by atoms with E-state index >= 15 is 0 Å². The van der Waals surface area contributed by atoms with Gasteiger partial charge in [0.25, 0.3) is 0 Å². The van der Waals surface area contributed by atoms with Crippen LogP contribution in [0.1, 0.15) is 11.1 Å². The van der Waals surface area contributed by atoms with E-state index in [0.29, 0.717) is 16.8 Å². The number of nitrogens with one attached hydrogen (secondary N) is 1. The number of hydrogen-bond acceptors (Lipinski definition) is 3. The van der Waals surface area contributed by atoms with Crippen LogP contribution < -0.4 is 11.1 Å². The van der Waals surface area contributed by atoms with Crippen molar-refractivity contribution < 1.29 is 8.78 Å². The molecule has 0 unspecified atom stereocenters. The number of thiocarbonyl (C=S) groups is 1. The Balaban J connectivity index is 2.55. The zero-order chi connectivity index (χ0) is 15.6. The van der Waals surface area contributed by atoms with Crippen molar-refractivity contribution in [3.63, 3.8) is 0 Å². The molecule has 0 radical (unpaired) electrons. The Morgan fingerprint density at radius 2 is 1.95 bits per heavy atom. The molecule has 110 valence electrons. The van der Waals surface area contributed by atoms with Crippen molar-refractivity contribution in [2.24, 2.45) is 5.73 Å². The second-order valence-electron chi connectivity index (χ2n) is 4.43. The molecule has 0 bridgehead atoms. The predicted octanol–water partition coefficient (Wildman–Crippen LogP) is 4.37. The molecule has 0 saturated heterocycles. The Morgan fingerprint density at radius 1 is 1.24 bits per heavy atom. The lowest BCUT2D eigenvalue weighted by Gasteiger charge is -2.16. The number of rotatable bonds is 4. The summed E-state index contributed by atoms with van der Waals surface area (Å²) in [5.74, 6) is -1.29. The molecule has 0 aliphatic rings. The molecule has 0 saturated carbocycles. The molecule has 0 aromatic heterocycles. The molecule has 0 amide bonds. The lowest BCUT2D eigenvalue weighted by atomic mass is 10.1. The number of benzene rings is 2. The van der Waals surface area contributed by atoms with E-state index in [1.807, 2.05) is 12.3 Å². The third-order valence-electron chi connectivity index (χ3n) is 3.04. The third-order valence-corrected chi connectivity index (χ3v) is 4.02. The highest BCUT2D eigenvalue weighted by molar-refractivity contribution is 7.98. The van der Waals surface area contributed by atoms with Gasteiger partial charge in [-0.15, -0.1) is 11.8 Å². The van der Waals surface area contributed by atoms with Crippen molar-refractivity contribution in [1.29, 1.82) is 0 Å². The monoisotopic (exact) mass is 324 g/mol. The largest absolute Gasteiger partial charge is 0.389 e. The first-order valence-corrected chi connectivity index (χ1v) is 7.77. The maximum atomic E-state index is 14.1. The Morgan fingerprint density at radius 3 is 2.57 bits per heavy atom. The van der Waals surface area contributed by atoms with Crippen molar-refractivity contribution in [2.75, 3.05) is 11.6 Å². The van der Waals surface area contributed by atoms with E-state index in [2.05, 4.69) is 5.32 Å². The normalized spacial score (nSPS) is 10.5. The highest BCUT2D eigenvalue weighted by Gasteiger charge is 2.16. The molecule has 0 fully saturated rings. The molecule has 0 spiro atoms. The summed E-state index contributed by atoms with van der Waals surface area (Å²) in [5.41, 5.74) is 6.96. The first kappa shape index (κ1) is 15.7. The van der Waals surface area contributed by atoms with Gasteiger partial charge in [-0.1, -0.05) is 24.4 Å². The molecule has 0 aliphatic carbocycles. The Bertz CT molecular complexity index is 702. The molecule has 0 heterocycles. The molecule has 6 heteroatoms. The highest BCUT2D eigenvalue weighted by atomic mass is 32.2. The van der Waals surface area contributed by atoms with Crippen LogP contribution in [0.15, 0.2) is 35.2 Å². The zero-order valence-electron chi connectivity index (χ0n) is 11.5. The minimum atomic E-state index is -0.665. The van der Waals surface area contributed by atoms with Crippen molar-refractivity contribution in [1.82, 2.24) is 0 Å². The van der Waals surface area contributed by atoms with Crippen LogP contribution in [0.25, 0.3) is 0 Å². The molecule has 21 heavy (non-hydrogen) atoms. The summed E-state index contributed by atoms with van der Waals surface area (Å²) < 4.78 is 28.0. The van der Waals surface area contributed by atoms with Gasteiger partial charge >= 0.3 is 0 Å². The van der Waals surface area contributed by atoms with Crippen LogP contribution in [0.3, 0.4) is 0 Å². The topological polar surface area (TPSA) is 38.0 Å². The maximum Gasteiger partial charge on any atom is 0.152 e. The van der Waals surface area contributed by atoms with Gasteiger partial charge in [0, 0.05) is 10.5 Å². The van der Waals surface area contributed by atoms with E-state index in [1.54, 1.807) is 19.1 Å². The number of hydrogen-bond donors (Lipinski definition) is 2. The molecular formula is C15H14F2N2S2. The first-order chi connectivity index (χ1) is 9.95. The summed E-state index contributed by atoms with van der Waals surface area (Å²) in [6, 6.07) is 7.94. The minimum absolute atomic E-state index is 0.177. The second-order valence-corrected chi connectivity index (χ2v) is 5.71. The SMILES string of the molecule is CSc1cccc(Nc2c(F)ccc(C)c2F)c1C(N)=S. The van der Waals surface area contributed by atoms with Gasteiger partial charge in [0.1, 0.15) is 16.5 Å². The van der Waals surface area contributed by atoms with Gasteiger partial charge in [0.2, 0.25) is 0 Å². The predicted molar refractivity (Wildman–Crippen MR) is 88.5 cm³/mol. The van der Waals surface area contributed by atoms with Gasteiger partial charge in [0.05, 0.1) is 5.69 Å². The summed E-state index contributed by atoms with van der Waals surface area (Å²) in [7, 11) is 0. The van der Waals surface area contributed by atoms with Crippen molar-refractivity contribution in [2.45, 2.75) is 11.8 Å². The van der Waals surface area contributed by atoms with Gasteiger partial charge in [-0.3, -0.25) is 0 Å². The van der Waals surface area contributed by atoms with Crippen molar-refractivity contribution in [3.05, 3.63) is 53.1 Å². The average molecular weight is 324 g/mol. The van der Waals surface area contributed by atoms with Gasteiger partial charge in [-0.25, -0.2) is 8.78 Å². The van der Waals surface area contributed by atoms with Crippen LogP contribution in [0.2, 0.25) is 0 Å². The molecule has 2 aromatic rings. The minimum Gasteiger partial charge on any atom is -0.389 e. The molecule has 2 aromatic carbocycles. The molecule has 2 rings (SSSR count). The number of thioether (sulfide) groups is 1. The third kappa shape index (κ3) is 3.16. The molecule has 0 aliphatic heterocycles. The summed E-state index contributed by atoms with van der Waals surface area (Å²) >= 11 is 6.51. The molecular weight excluding hydrogens is 310 g/mol. The average Bonchev–Trinajstić information content (AvgIpc) is 2.47. The van der Waals surface area contributed by atoms with Gasteiger partial charge in [0.15, 0.2) is 5.82 Å². The zero-order valence-corrected chi connectivity index (χ0v) is 13.2. The summed E-state index contributed by atoms with van der Waals surface area (Å²) in [4.78, 5) is 1.02.